The first-order valence-electron chi connectivity index (χ1n) is 35.0. The summed E-state index contributed by atoms with van der Waals surface area (Å²) in [6.07, 6.45) is 43.7. The Labute approximate surface area is 546 Å². The average molecular weight is 1260 g/mol. The summed E-state index contributed by atoms with van der Waals surface area (Å²) in [5, 5.41) is 0. The van der Waals surface area contributed by atoms with Crippen LogP contribution in [0.2, 0.25) is 0 Å². The van der Waals surface area contributed by atoms with Crippen molar-refractivity contribution in [2.75, 3.05) is 26.4 Å². The van der Waals surface area contributed by atoms with Gasteiger partial charge in [-0.2, -0.15) is 0 Å². The lowest BCUT2D eigenvalue weighted by Gasteiger charge is -2.18. The molecular weight excluding hydrogens is 1150 g/mol. The van der Waals surface area contributed by atoms with Crippen molar-refractivity contribution >= 4 is 70.0 Å². The van der Waals surface area contributed by atoms with Gasteiger partial charge >= 0.3 is 0 Å². The van der Waals surface area contributed by atoms with E-state index in [4.69, 9.17) is 51.9 Å². The minimum Gasteiger partial charge on any atom is -0.493 e. The van der Waals surface area contributed by atoms with Crippen LogP contribution in [0.1, 0.15) is 254 Å². The number of amides is 4. The van der Waals surface area contributed by atoms with Gasteiger partial charge in [-0.05, 0) is 136 Å². The van der Waals surface area contributed by atoms with Crippen LogP contribution in [0, 0.1) is 0 Å². The van der Waals surface area contributed by atoms with E-state index in [-0.39, 0.29) is 23.6 Å². The standard InChI is InChI=1S/C76H106N8O8/c77-69(85)39-25-17-9-1-5-13-21-29-51-89-65-35-33-36-66(90-52-30-22-14-6-2-10-18-26-40-70(78)86)75(65)73-61-47-43-57(81-61)55-59-45-49-63(83-59)74(64-50-46-60(84-64)56-58-44-48-62(73)82-58)76-67(91-53-31-23-15-7-3-11-19-27-41-71(79)87)37-34-38-68(76)92-54-32-24-16-8-4-12-20-28-42-72(80)88/h33-38,43-50,55-56,81,84H,1-32,39-42,51-54H2,(H2,77,85)(H2,78,86)(H2,79,87)(H2,80,88). The summed E-state index contributed by atoms with van der Waals surface area (Å²) in [6, 6.07) is 24.8. The number of aromatic nitrogens is 4. The van der Waals surface area contributed by atoms with Gasteiger partial charge in [-0.25, -0.2) is 9.97 Å². The molecule has 2 aliphatic heterocycles. The number of nitrogens with zero attached hydrogens (tertiary/aromatic N) is 2. The lowest BCUT2D eigenvalue weighted by atomic mass is 10.0. The number of ether oxygens (including phenoxy) is 4. The molecule has 10 N–H and O–H groups in total. The normalized spacial score (nSPS) is 11.7. The Morgan fingerprint density at radius 3 is 0.815 bits per heavy atom. The molecule has 0 aliphatic carbocycles. The number of hydrogen-bond acceptors (Lipinski definition) is 10. The van der Waals surface area contributed by atoms with E-state index in [2.05, 4.69) is 70.7 Å². The van der Waals surface area contributed by atoms with Crippen molar-refractivity contribution < 1.29 is 38.1 Å². The summed E-state index contributed by atoms with van der Waals surface area (Å²) >= 11 is 0. The highest BCUT2D eigenvalue weighted by atomic mass is 16.5. The van der Waals surface area contributed by atoms with Crippen molar-refractivity contribution in [2.24, 2.45) is 22.9 Å². The van der Waals surface area contributed by atoms with E-state index in [0.29, 0.717) is 52.1 Å². The van der Waals surface area contributed by atoms with E-state index in [9.17, 15) is 19.2 Å². The number of unbranched alkanes of at least 4 members (excludes halogenated alkanes) is 28. The number of aromatic amines is 2. The minimum absolute atomic E-state index is 0.223. The zero-order valence-electron chi connectivity index (χ0n) is 55.0. The molecule has 0 spiro atoms. The van der Waals surface area contributed by atoms with Crippen LogP contribution in [-0.2, 0) is 19.2 Å². The predicted molar refractivity (Wildman–Crippen MR) is 375 cm³/mol. The summed E-state index contributed by atoms with van der Waals surface area (Å²) < 4.78 is 27.2. The third-order valence-electron chi connectivity index (χ3n) is 17.2. The van der Waals surface area contributed by atoms with Crippen molar-refractivity contribution in [2.45, 2.75) is 231 Å². The number of carbonyl (C=O) groups is 4. The first-order valence-corrected chi connectivity index (χ1v) is 35.0. The quantitative estimate of drug-likeness (QED) is 0.0196. The Kier molecular flexibility index (Phi) is 32.3. The monoisotopic (exact) mass is 1260 g/mol. The molecule has 0 saturated carbocycles. The summed E-state index contributed by atoms with van der Waals surface area (Å²) in [5.74, 6) is 2.06. The van der Waals surface area contributed by atoms with Gasteiger partial charge in [0.1, 0.15) is 23.0 Å². The van der Waals surface area contributed by atoms with Gasteiger partial charge in [0.2, 0.25) is 23.6 Å². The van der Waals surface area contributed by atoms with Crippen LogP contribution in [-0.4, -0.2) is 70.0 Å². The molecule has 0 radical (unpaired) electrons. The largest absolute Gasteiger partial charge is 0.493 e. The van der Waals surface area contributed by atoms with Gasteiger partial charge in [0.15, 0.2) is 0 Å². The Morgan fingerprint density at radius 2 is 0.554 bits per heavy atom. The molecule has 2 aromatic carbocycles. The maximum Gasteiger partial charge on any atom is 0.217 e. The summed E-state index contributed by atoms with van der Waals surface area (Å²) in [4.78, 5) is 63.0. The maximum atomic E-state index is 11.2. The fraction of sp³-hybridized carbons (Fsp3) is 0.526. The molecule has 8 bridgehead atoms. The molecule has 5 heterocycles. The van der Waals surface area contributed by atoms with Crippen LogP contribution in [0.3, 0.4) is 0 Å². The summed E-state index contributed by atoms with van der Waals surface area (Å²) in [7, 11) is 0. The van der Waals surface area contributed by atoms with Gasteiger partial charge < -0.3 is 51.9 Å². The zero-order chi connectivity index (χ0) is 64.8. The fourth-order valence-electron chi connectivity index (χ4n) is 12.2. The molecule has 0 fully saturated rings. The summed E-state index contributed by atoms with van der Waals surface area (Å²) in [6.45, 7) is 2.22. The third kappa shape index (κ3) is 26.0. The van der Waals surface area contributed by atoms with Crippen molar-refractivity contribution in [3.05, 3.63) is 95.6 Å². The van der Waals surface area contributed by atoms with Gasteiger partial charge in [0, 0.05) is 58.9 Å². The number of carbonyl (C=O) groups excluding carboxylic acids is 4. The van der Waals surface area contributed by atoms with Crippen LogP contribution in [0.4, 0.5) is 0 Å². The van der Waals surface area contributed by atoms with Crippen molar-refractivity contribution in [1.29, 1.82) is 0 Å². The molecule has 2 aliphatic rings. The van der Waals surface area contributed by atoms with Crippen LogP contribution in [0.25, 0.3) is 68.6 Å². The van der Waals surface area contributed by atoms with E-state index >= 15 is 0 Å². The molecule has 498 valence electrons. The zero-order valence-corrected chi connectivity index (χ0v) is 55.0. The molecule has 16 nitrogen and oxygen atoms in total. The van der Waals surface area contributed by atoms with Gasteiger partial charge in [0.25, 0.3) is 0 Å². The molecule has 3 aromatic heterocycles. The Morgan fingerprint density at radius 1 is 0.304 bits per heavy atom. The van der Waals surface area contributed by atoms with Crippen molar-refractivity contribution in [1.82, 2.24) is 19.9 Å². The van der Waals surface area contributed by atoms with E-state index in [1.54, 1.807) is 0 Å². The maximum absolute atomic E-state index is 11.2. The van der Waals surface area contributed by atoms with Crippen LogP contribution < -0.4 is 41.9 Å². The van der Waals surface area contributed by atoms with Gasteiger partial charge in [-0.3, -0.25) is 19.2 Å². The van der Waals surface area contributed by atoms with Gasteiger partial charge in [0.05, 0.1) is 60.3 Å². The van der Waals surface area contributed by atoms with Gasteiger partial charge in [-0.1, -0.05) is 166 Å². The molecule has 0 atom stereocenters. The minimum atomic E-state index is -0.223. The van der Waals surface area contributed by atoms with Crippen molar-refractivity contribution in [3.8, 4) is 45.3 Å². The topological polar surface area (TPSA) is 267 Å². The number of H-pyrrole nitrogens is 2. The molecule has 0 saturated heterocycles. The molecular formula is C76H106N8O8. The molecule has 7 rings (SSSR count). The van der Waals surface area contributed by atoms with E-state index < -0.39 is 0 Å². The Bertz CT molecular complexity index is 2980. The van der Waals surface area contributed by atoms with E-state index in [1.807, 2.05) is 36.4 Å². The Hall–Kier alpha value is -7.88. The molecule has 16 heteroatoms. The lowest BCUT2D eigenvalue weighted by Crippen LogP contribution is -2.09. The SMILES string of the molecule is NC(=O)CCCCCCCCCCOc1cccc(OCCCCCCCCCCC(N)=O)c1-c1c2nc(cc3ccc([nH]3)c(-c3c(OCCCCCCCCCCC(N)=O)cccc3OCCCCCCCCCCC(N)=O)c3nc(cc4ccc1[nH]4)C=C3)C=C2. The van der Waals surface area contributed by atoms with Crippen LogP contribution >= 0.6 is 0 Å². The number of rotatable bonds is 50. The van der Waals surface area contributed by atoms with E-state index in [1.165, 1.54) is 0 Å². The van der Waals surface area contributed by atoms with Crippen LogP contribution in [0.15, 0.2) is 72.8 Å². The lowest BCUT2D eigenvalue weighted by molar-refractivity contribution is -0.119. The highest BCUT2D eigenvalue weighted by molar-refractivity contribution is 5.97. The number of nitrogens with two attached hydrogens (primary N) is 4. The average Bonchev–Trinajstić information content (AvgIpc) is 1.50. The second-order valence-electron chi connectivity index (χ2n) is 25.0. The number of hydrogen-bond donors (Lipinski definition) is 6. The highest BCUT2D eigenvalue weighted by Gasteiger charge is 2.23. The molecule has 0 unspecified atom stereocenters. The number of primary amides is 4. The number of fused-ring (bicyclic) bond motifs is 8. The van der Waals surface area contributed by atoms with E-state index in [0.717, 1.165) is 296 Å². The fourth-order valence-corrected chi connectivity index (χ4v) is 12.2. The third-order valence-corrected chi connectivity index (χ3v) is 17.2. The Balaban J connectivity index is 1.17. The second-order valence-corrected chi connectivity index (χ2v) is 25.0. The predicted octanol–water partition coefficient (Wildman–Crippen LogP) is 17.5. The van der Waals surface area contributed by atoms with Crippen LogP contribution in [0.5, 0.6) is 23.0 Å². The first-order chi connectivity index (χ1) is 45.0. The number of nitrogens with one attached hydrogen (secondary N) is 2. The highest BCUT2D eigenvalue weighted by Crippen LogP contribution is 2.45. The smallest absolute Gasteiger partial charge is 0.217 e. The first kappa shape index (κ1) is 71.6. The van der Waals surface area contributed by atoms with Gasteiger partial charge in [-0.15, -0.1) is 0 Å². The second kappa shape index (κ2) is 41.6. The summed E-state index contributed by atoms with van der Waals surface area (Å²) in [5.41, 5.74) is 31.4. The molecule has 4 amide bonds. The molecule has 92 heavy (non-hydrogen) atoms. The van der Waals surface area contributed by atoms with Crippen molar-refractivity contribution in [3.63, 3.8) is 0 Å². The molecule has 5 aromatic rings. The number of benzene rings is 2.